The topological polar surface area (TPSA) is 78.5 Å². The largest absolute Gasteiger partial charge is 0.377 e. The molecule has 134 valence electrons. The van der Waals surface area contributed by atoms with Crippen LogP contribution in [0.2, 0.25) is 0 Å². The minimum atomic E-state index is -3.64. The lowest BCUT2D eigenvalue weighted by atomic mass is 10.1. The van der Waals surface area contributed by atoms with Crippen LogP contribution < -0.4 is 14.9 Å². The average Bonchev–Trinajstić information content (AvgIpc) is 2.59. The minimum Gasteiger partial charge on any atom is -0.377 e. The first-order valence-corrected chi connectivity index (χ1v) is 9.44. The van der Waals surface area contributed by atoms with Gasteiger partial charge in [0.25, 0.3) is 0 Å². The van der Waals surface area contributed by atoms with Crippen LogP contribution in [0.15, 0.2) is 53.9 Å². The van der Waals surface area contributed by atoms with Crippen LogP contribution in [-0.4, -0.2) is 41.5 Å². The Morgan fingerprint density at radius 2 is 1.80 bits per heavy atom. The molecule has 25 heavy (non-hydrogen) atoms. The summed E-state index contributed by atoms with van der Waals surface area (Å²) in [4.78, 5) is 13.3. The van der Waals surface area contributed by atoms with Gasteiger partial charge in [-0.25, -0.2) is 13.1 Å². The molecule has 0 saturated carbocycles. The third kappa shape index (κ3) is 4.58. The maximum absolute atomic E-state index is 12.7. The Morgan fingerprint density at radius 3 is 2.48 bits per heavy atom. The van der Waals surface area contributed by atoms with E-state index in [9.17, 15) is 13.2 Å². The van der Waals surface area contributed by atoms with Gasteiger partial charge in [-0.1, -0.05) is 30.8 Å². The summed E-state index contributed by atoms with van der Waals surface area (Å²) in [7, 11) is 0.208. The summed E-state index contributed by atoms with van der Waals surface area (Å²) < 4.78 is 27.9. The molecule has 6 nitrogen and oxygen atoms in total. The number of amides is 1. The molecule has 2 N–H and O–H groups in total. The molecule has 2 aromatic rings. The number of hydrogen-bond donors (Lipinski definition) is 2. The number of benzene rings is 2. The molecule has 2 rings (SSSR count). The molecule has 0 unspecified atom stereocenters. The summed E-state index contributed by atoms with van der Waals surface area (Å²) in [6.45, 7) is 3.98. The molecular formula is C18H23N3O3S. The lowest BCUT2D eigenvalue weighted by molar-refractivity contribution is -0.116. The van der Waals surface area contributed by atoms with E-state index in [1.54, 1.807) is 18.2 Å². The van der Waals surface area contributed by atoms with Gasteiger partial charge in [0.1, 0.15) is 0 Å². The number of rotatable bonds is 8. The van der Waals surface area contributed by atoms with E-state index in [0.29, 0.717) is 18.4 Å². The Bertz CT molecular complexity index is 876. The van der Waals surface area contributed by atoms with E-state index in [1.165, 1.54) is 6.08 Å². The molecule has 2 aromatic carbocycles. The van der Waals surface area contributed by atoms with Crippen molar-refractivity contribution in [2.24, 2.45) is 0 Å². The Hall–Kier alpha value is -2.38. The number of sulfonamides is 1. The number of carbonyl (C=O) groups is 1. The van der Waals surface area contributed by atoms with Gasteiger partial charge in [0.05, 0.1) is 4.90 Å². The molecule has 0 aliphatic heterocycles. The van der Waals surface area contributed by atoms with Crippen molar-refractivity contribution in [3.05, 3.63) is 49.1 Å². The van der Waals surface area contributed by atoms with Crippen molar-refractivity contribution in [1.82, 2.24) is 10.0 Å². The van der Waals surface area contributed by atoms with Crippen LogP contribution in [-0.2, 0) is 14.8 Å². The van der Waals surface area contributed by atoms with Gasteiger partial charge in [0.2, 0.25) is 15.9 Å². The molecule has 0 fully saturated rings. The molecule has 0 radical (unpaired) electrons. The van der Waals surface area contributed by atoms with Crippen LogP contribution in [0, 0.1) is 0 Å². The van der Waals surface area contributed by atoms with Crippen molar-refractivity contribution in [2.75, 3.05) is 32.1 Å². The Morgan fingerprint density at radius 1 is 1.12 bits per heavy atom. The minimum absolute atomic E-state index is 0.240. The first-order chi connectivity index (χ1) is 11.9. The van der Waals surface area contributed by atoms with E-state index in [2.05, 4.69) is 16.6 Å². The van der Waals surface area contributed by atoms with Gasteiger partial charge < -0.3 is 10.2 Å². The van der Waals surface area contributed by atoms with Crippen LogP contribution in [0.1, 0.15) is 6.42 Å². The van der Waals surface area contributed by atoms with E-state index in [0.717, 1.165) is 11.1 Å². The van der Waals surface area contributed by atoms with Crippen molar-refractivity contribution in [1.29, 1.82) is 0 Å². The van der Waals surface area contributed by atoms with Crippen LogP contribution >= 0.6 is 0 Å². The first-order valence-electron chi connectivity index (χ1n) is 7.96. The number of anilines is 1. The summed E-state index contributed by atoms with van der Waals surface area (Å²) in [5.41, 5.74) is 0.960. The van der Waals surface area contributed by atoms with Crippen molar-refractivity contribution >= 4 is 32.4 Å². The van der Waals surface area contributed by atoms with E-state index in [-0.39, 0.29) is 17.3 Å². The molecule has 7 heteroatoms. The average molecular weight is 361 g/mol. The molecular weight excluding hydrogens is 338 g/mol. The third-order valence-corrected chi connectivity index (χ3v) is 5.28. The lowest BCUT2D eigenvalue weighted by Crippen LogP contribution is -2.29. The monoisotopic (exact) mass is 361 g/mol. The maximum atomic E-state index is 12.7. The Labute approximate surface area is 148 Å². The zero-order chi connectivity index (χ0) is 18.4. The number of hydrogen-bond acceptors (Lipinski definition) is 4. The zero-order valence-corrected chi connectivity index (χ0v) is 15.3. The van der Waals surface area contributed by atoms with E-state index in [1.807, 2.05) is 37.2 Å². The molecule has 0 aliphatic carbocycles. The second kappa shape index (κ2) is 8.13. The van der Waals surface area contributed by atoms with Gasteiger partial charge >= 0.3 is 0 Å². The second-order valence-electron chi connectivity index (χ2n) is 5.77. The van der Waals surface area contributed by atoms with Crippen molar-refractivity contribution in [3.63, 3.8) is 0 Å². The molecule has 0 saturated heterocycles. The number of nitrogens with zero attached hydrogens (tertiary/aromatic N) is 1. The summed E-state index contributed by atoms with van der Waals surface area (Å²) in [5, 5.41) is 4.18. The third-order valence-electron chi connectivity index (χ3n) is 3.76. The molecule has 0 spiro atoms. The second-order valence-corrected chi connectivity index (χ2v) is 7.50. The summed E-state index contributed by atoms with van der Waals surface area (Å²) in [6.07, 6.45) is 1.68. The van der Waals surface area contributed by atoms with Crippen LogP contribution in [0.3, 0.4) is 0 Å². The normalized spacial score (nSPS) is 11.3. The van der Waals surface area contributed by atoms with Crippen molar-refractivity contribution < 1.29 is 13.2 Å². The van der Waals surface area contributed by atoms with E-state index >= 15 is 0 Å². The quantitative estimate of drug-likeness (QED) is 0.556. The number of fused-ring (bicyclic) bond motifs is 1. The fourth-order valence-electron chi connectivity index (χ4n) is 2.55. The molecule has 0 aliphatic rings. The van der Waals surface area contributed by atoms with Gasteiger partial charge in [0.15, 0.2) is 0 Å². The van der Waals surface area contributed by atoms with Crippen molar-refractivity contribution in [3.8, 4) is 0 Å². The van der Waals surface area contributed by atoms with Gasteiger partial charge in [0, 0.05) is 43.6 Å². The molecule has 0 bridgehead atoms. The number of carbonyl (C=O) groups excluding carboxylic acids is 1. The standard InChI is InChI=1S/C18H23N3O3S/c1-4-18(22)19-12-7-13-20-25(23,24)17-11-6-8-14-15(17)9-5-10-16(14)21(2)3/h4-6,8-11,20H,1,7,12-13H2,2-3H3,(H,19,22). The highest BCUT2D eigenvalue weighted by atomic mass is 32.2. The van der Waals surface area contributed by atoms with Crippen molar-refractivity contribution in [2.45, 2.75) is 11.3 Å². The smallest absolute Gasteiger partial charge is 0.243 e. The molecule has 0 aromatic heterocycles. The summed E-state index contributed by atoms with van der Waals surface area (Å²) in [6, 6.07) is 10.9. The summed E-state index contributed by atoms with van der Waals surface area (Å²) >= 11 is 0. The van der Waals surface area contributed by atoms with Crippen LogP contribution in [0.25, 0.3) is 10.8 Å². The SMILES string of the molecule is C=CC(=O)NCCCNS(=O)(=O)c1cccc2c(N(C)C)cccc12. The number of nitrogens with one attached hydrogen (secondary N) is 2. The molecule has 0 atom stereocenters. The van der Waals surface area contributed by atoms with Gasteiger partial charge in [-0.15, -0.1) is 0 Å². The first kappa shape index (κ1) is 19.0. The lowest BCUT2D eigenvalue weighted by Gasteiger charge is -2.17. The van der Waals surface area contributed by atoms with Crippen LogP contribution in [0.5, 0.6) is 0 Å². The highest BCUT2D eigenvalue weighted by molar-refractivity contribution is 7.89. The van der Waals surface area contributed by atoms with Gasteiger partial charge in [-0.2, -0.15) is 0 Å². The predicted octanol–water partition coefficient (Wildman–Crippen LogP) is 1.88. The Balaban J connectivity index is 2.18. The fourth-order valence-corrected chi connectivity index (χ4v) is 3.84. The maximum Gasteiger partial charge on any atom is 0.243 e. The highest BCUT2D eigenvalue weighted by Gasteiger charge is 2.17. The van der Waals surface area contributed by atoms with Gasteiger partial charge in [-0.3, -0.25) is 4.79 Å². The fraction of sp³-hybridized carbons (Fsp3) is 0.278. The zero-order valence-electron chi connectivity index (χ0n) is 14.5. The van der Waals surface area contributed by atoms with E-state index in [4.69, 9.17) is 0 Å². The van der Waals surface area contributed by atoms with E-state index < -0.39 is 10.0 Å². The highest BCUT2D eigenvalue weighted by Crippen LogP contribution is 2.29. The summed E-state index contributed by atoms with van der Waals surface area (Å²) in [5.74, 6) is -0.270. The van der Waals surface area contributed by atoms with Gasteiger partial charge in [-0.05, 0) is 24.6 Å². The van der Waals surface area contributed by atoms with Crippen LogP contribution in [0.4, 0.5) is 5.69 Å². The molecule has 1 amide bonds. The molecule has 0 heterocycles. The Kier molecular flexibility index (Phi) is 6.17. The predicted molar refractivity (Wildman–Crippen MR) is 101 cm³/mol.